The van der Waals surface area contributed by atoms with Crippen molar-refractivity contribution in [3.63, 3.8) is 0 Å². The fourth-order valence-corrected chi connectivity index (χ4v) is 1.23. The van der Waals surface area contributed by atoms with Crippen molar-refractivity contribution in [3.05, 3.63) is 28.0 Å². The Bertz CT molecular complexity index is 400. The van der Waals surface area contributed by atoms with Gasteiger partial charge in [0.25, 0.3) is 5.91 Å². The molecule has 0 spiro atoms. The van der Waals surface area contributed by atoms with Gasteiger partial charge in [0, 0.05) is 6.54 Å². The number of amides is 1. The first-order chi connectivity index (χ1) is 8.00. The zero-order valence-corrected chi connectivity index (χ0v) is 9.80. The summed E-state index contributed by atoms with van der Waals surface area (Å²) in [5.41, 5.74) is 0. The van der Waals surface area contributed by atoms with E-state index in [1.165, 1.54) is 6.07 Å². The predicted octanol–water partition coefficient (Wildman–Crippen LogP) is 0.869. The highest BCUT2D eigenvalue weighted by Crippen LogP contribution is 2.15. The summed E-state index contributed by atoms with van der Waals surface area (Å²) in [6.07, 6.45) is 0.807. The lowest BCUT2D eigenvalue weighted by Gasteiger charge is -2.08. The third-order valence-corrected chi connectivity index (χ3v) is 2.06. The summed E-state index contributed by atoms with van der Waals surface area (Å²) in [5, 5.41) is 13.0. The van der Waals surface area contributed by atoms with Crippen LogP contribution in [0.15, 0.2) is 16.5 Å². The van der Waals surface area contributed by atoms with Crippen LogP contribution in [0.3, 0.4) is 0 Å². The van der Waals surface area contributed by atoms with Gasteiger partial charge in [0.2, 0.25) is 0 Å². The van der Waals surface area contributed by atoms with Gasteiger partial charge >= 0.3 is 5.88 Å². The number of nitrogens with zero attached hydrogens (tertiary/aromatic N) is 2. The van der Waals surface area contributed by atoms with Gasteiger partial charge in [-0.05, 0) is 33.1 Å². The summed E-state index contributed by atoms with van der Waals surface area (Å²) in [6, 6.07) is 2.45. The largest absolute Gasteiger partial charge is 0.433 e. The molecule has 0 aliphatic heterocycles. The van der Waals surface area contributed by atoms with Crippen LogP contribution in [0, 0.1) is 10.1 Å². The van der Waals surface area contributed by atoms with E-state index in [0.717, 1.165) is 19.0 Å². The van der Waals surface area contributed by atoms with Gasteiger partial charge in [-0.15, -0.1) is 0 Å². The summed E-state index contributed by atoms with van der Waals surface area (Å²) >= 11 is 0. The third kappa shape index (κ3) is 4.23. The van der Waals surface area contributed by atoms with Crippen LogP contribution >= 0.6 is 0 Å². The molecule has 1 rings (SSSR count). The van der Waals surface area contributed by atoms with E-state index in [4.69, 9.17) is 4.42 Å². The fourth-order valence-electron chi connectivity index (χ4n) is 1.23. The van der Waals surface area contributed by atoms with Crippen LogP contribution < -0.4 is 5.32 Å². The van der Waals surface area contributed by atoms with Crippen LogP contribution in [0.4, 0.5) is 5.88 Å². The lowest BCUT2D eigenvalue weighted by Crippen LogP contribution is -2.26. The van der Waals surface area contributed by atoms with Crippen LogP contribution in [0.2, 0.25) is 0 Å². The molecule has 0 bridgehead atoms. The second-order valence-electron chi connectivity index (χ2n) is 3.81. The van der Waals surface area contributed by atoms with Crippen molar-refractivity contribution in [3.8, 4) is 0 Å². The topological polar surface area (TPSA) is 88.6 Å². The van der Waals surface area contributed by atoms with E-state index >= 15 is 0 Å². The maximum absolute atomic E-state index is 11.5. The summed E-state index contributed by atoms with van der Waals surface area (Å²) in [6.45, 7) is 1.37. The number of nitrogens with one attached hydrogen (secondary N) is 1. The zero-order valence-electron chi connectivity index (χ0n) is 9.80. The highest BCUT2D eigenvalue weighted by atomic mass is 16.6. The number of furan rings is 1. The van der Waals surface area contributed by atoms with Crippen LogP contribution in [0.25, 0.3) is 0 Å². The molecular formula is C10H15N3O4. The van der Waals surface area contributed by atoms with Crippen LogP contribution in [-0.2, 0) is 0 Å². The van der Waals surface area contributed by atoms with Gasteiger partial charge in [0.05, 0.1) is 6.07 Å². The molecule has 1 aromatic rings. The molecule has 7 nitrogen and oxygen atoms in total. The summed E-state index contributed by atoms with van der Waals surface area (Å²) in [4.78, 5) is 23.2. The Morgan fingerprint density at radius 2 is 2.24 bits per heavy atom. The molecule has 17 heavy (non-hydrogen) atoms. The van der Waals surface area contributed by atoms with Crippen LogP contribution in [0.5, 0.6) is 0 Å². The molecule has 1 heterocycles. The van der Waals surface area contributed by atoms with Gasteiger partial charge < -0.3 is 14.6 Å². The Morgan fingerprint density at radius 3 is 2.76 bits per heavy atom. The van der Waals surface area contributed by atoms with E-state index in [-0.39, 0.29) is 5.76 Å². The van der Waals surface area contributed by atoms with E-state index in [2.05, 4.69) is 5.32 Å². The second-order valence-corrected chi connectivity index (χ2v) is 3.81. The molecular weight excluding hydrogens is 226 g/mol. The fraction of sp³-hybridized carbons (Fsp3) is 0.500. The molecule has 0 fully saturated rings. The molecule has 0 saturated carbocycles. The monoisotopic (exact) mass is 241 g/mol. The van der Waals surface area contributed by atoms with Crippen molar-refractivity contribution < 1.29 is 14.1 Å². The molecule has 94 valence electrons. The predicted molar refractivity (Wildman–Crippen MR) is 60.9 cm³/mol. The smallest absolute Gasteiger partial charge is 0.395 e. The molecule has 1 aromatic heterocycles. The Balaban J connectivity index is 2.39. The first kappa shape index (κ1) is 13.2. The van der Waals surface area contributed by atoms with E-state index in [0.29, 0.717) is 6.54 Å². The lowest BCUT2D eigenvalue weighted by atomic mass is 10.3. The molecule has 0 unspecified atom stereocenters. The first-order valence-corrected chi connectivity index (χ1v) is 5.18. The van der Waals surface area contributed by atoms with Crippen LogP contribution in [-0.4, -0.2) is 42.9 Å². The Morgan fingerprint density at radius 1 is 1.53 bits per heavy atom. The number of hydrogen-bond donors (Lipinski definition) is 1. The SMILES string of the molecule is CN(C)CCCNC(=O)c1ccc([N+](=O)[O-])o1. The quantitative estimate of drug-likeness (QED) is 0.453. The summed E-state index contributed by atoms with van der Waals surface area (Å²) in [7, 11) is 3.88. The molecule has 0 radical (unpaired) electrons. The number of nitro groups is 1. The van der Waals surface area contributed by atoms with Crippen molar-refractivity contribution in [2.75, 3.05) is 27.2 Å². The minimum Gasteiger partial charge on any atom is -0.395 e. The Labute approximate surface area is 98.5 Å². The molecule has 0 aliphatic rings. The van der Waals surface area contributed by atoms with Crippen molar-refractivity contribution in [2.45, 2.75) is 6.42 Å². The van der Waals surface area contributed by atoms with Gasteiger partial charge in [-0.25, -0.2) is 0 Å². The van der Waals surface area contributed by atoms with Crippen LogP contribution in [0.1, 0.15) is 17.0 Å². The first-order valence-electron chi connectivity index (χ1n) is 5.18. The third-order valence-electron chi connectivity index (χ3n) is 2.06. The molecule has 0 aliphatic carbocycles. The lowest BCUT2D eigenvalue weighted by molar-refractivity contribution is -0.402. The molecule has 1 amide bonds. The number of carbonyl (C=O) groups is 1. The van der Waals surface area contributed by atoms with E-state index < -0.39 is 16.7 Å². The number of carbonyl (C=O) groups excluding carboxylic acids is 1. The molecule has 0 saturated heterocycles. The second kappa shape index (κ2) is 6.00. The van der Waals surface area contributed by atoms with E-state index in [1.807, 2.05) is 19.0 Å². The van der Waals surface area contributed by atoms with Crippen molar-refractivity contribution in [2.24, 2.45) is 0 Å². The standard InChI is InChI=1S/C10H15N3O4/c1-12(2)7-3-6-11-10(14)8-4-5-9(17-8)13(15)16/h4-5H,3,6-7H2,1-2H3,(H,11,14). The number of rotatable bonds is 6. The van der Waals surface area contributed by atoms with Gasteiger partial charge in [-0.2, -0.15) is 0 Å². The van der Waals surface area contributed by atoms with E-state index in [9.17, 15) is 14.9 Å². The average molecular weight is 241 g/mol. The zero-order chi connectivity index (χ0) is 12.8. The summed E-state index contributed by atoms with van der Waals surface area (Å²) in [5.74, 6) is -0.901. The van der Waals surface area contributed by atoms with Gasteiger partial charge in [-0.1, -0.05) is 0 Å². The van der Waals surface area contributed by atoms with Gasteiger partial charge in [0.15, 0.2) is 5.76 Å². The average Bonchev–Trinajstić information content (AvgIpc) is 2.73. The maximum Gasteiger partial charge on any atom is 0.433 e. The van der Waals surface area contributed by atoms with Crippen molar-refractivity contribution in [1.29, 1.82) is 0 Å². The number of hydrogen-bond acceptors (Lipinski definition) is 5. The van der Waals surface area contributed by atoms with Crippen molar-refractivity contribution >= 4 is 11.8 Å². The van der Waals surface area contributed by atoms with Gasteiger partial charge in [0.1, 0.15) is 4.92 Å². The van der Waals surface area contributed by atoms with Crippen molar-refractivity contribution in [1.82, 2.24) is 10.2 Å². The normalized spacial score (nSPS) is 10.5. The van der Waals surface area contributed by atoms with Gasteiger partial charge in [-0.3, -0.25) is 14.9 Å². The Hall–Kier alpha value is -1.89. The molecule has 1 N–H and O–H groups in total. The molecule has 0 atom stereocenters. The minimum absolute atomic E-state index is 0.0402. The molecule has 7 heteroatoms. The minimum atomic E-state index is -0.678. The maximum atomic E-state index is 11.5. The van der Waals surface area contributed by atoms with E-state index in [1.54, 1.807) is 0 Å². The Kier molecular flexibility index (Phi) is 4.65. The molecule has 0 aromatic carbocycles. The highest BCUT2D eigenvalue weighted by Gasteiger charge is 2.16. The highest BCUT2D eigenvalue weighted by molar-refractivity contribution is 5.91. The summed E-state index contributed by atoms with van der Waals surface area (Å²) < 4.78 is 4.76.